The third-order valence-corrected chi connectivity index (χ3v) is 14.6. The van der Waals surface area contributed by atoms with Crippen molar-refractivity contribution in [1.29, 1.82) is 0 Å². The van der Waals surface area contributed by atoms with Crippen molar-refractivity contribution < 1.29 is 4.79 Å². The first-order valence-electron chi connectivity index (χ1n) is 24.2. The van der Waals surface area contributed by atoms with Gasteiger partial charge in [0.2, 0.25) is 11.6 Å². The van der Waals surface area contributed by atoms with Crippen LogP contribution < -0.4 is 20.7 Å². The molecule has 8 heterocycles. The molecule has 3 aromatic carbocycles. The van der Waals surface area contributed by atoms with E-state index in [9.17, 15) is 9.59 Å². The molecule has 0 spiro atoms. The highest BCUT2D eigenvalue weighted by Gasteiger charge is 2.49. The van der Waals surface area contributed by atoms with Crippen LogP contribution in [0.5, 0.6) is 0 Å². The first-order chi connectivity index (χ1) is 33.8. The number of hydrogen-bond acceptors (Lipinski definition) is 11. The molecule has 16 nitrogen and oxygen atoms in total. The van der Waals surface area contributed by atoms with Gasteiger partial charge in [0.25, 0.3) is 5.56 Å². The van der Waals surface area contributed by atoms with E-state index >= 15 is 0 Å². The molecule has 2 unspecified atom stereocenters. The highest BCUT2D eigenvalue weighted by molar-refractivity contribution is 6.10. The number of nitrogens with zero attached hydrogens (tertiary/aromatic N) is 13. The van der Waals surface area contributed by atoms with Gasteiger partial charge >= 0.3 is 0 Å². The Labute approximate surface area is 406 Å². The minimum absolute atomic E-state index is 0.0318. The zero-order chi connectivity index (χ0) is 48.6. The number of rotatable bonds is 12. The Kier molecular flexibility index (Phi) is 11.1. The van der Waals surface area contributed by atoms with Gasteiger partial charge in [-0.05, 0) is 89.4 Å². The van der Waals surface area contributed by atoms with Crippen LogP contribution >= 0.6 is 0 Å². The number of aromatic nitrogens is 10. The maximum absolute atomic E-state index is 14.8. The Morgan fingerprint density at radius 2 is 1.53 bits per heavy atom. The van der Waals surface area contributed by atoms with E-state index in [2.05, 4.69) is 129 Å². The van der Waals surface area contributed by atoms with Crippen LogP contribution in [0.1, 0.15) is 68.2 Å². The number of amides is 1. The Bertz CT molecular complexity index is 3500. The summed E-state index contributed by atoms with van der Waals surface area (Å²) in [5, 5.41) is 11.8. The molecule has 1 N–H and O–H groups in total. The fraction of sp³-hybridized carbons (Fsp3) is 0.333. The predicted molar refractivity (Wildman–Crippen MR) is 276 cm³/mol. The van der Waals surface area contributed by atoms with Crippen LogP contribution in [-0.2, 0) is 23.8 Å². The fourth-order valence-electron chi connectivity index (χ4n) is 10.7. The molecule has 70 heavy (non-hydrogen) atoms. The number of pyridine rings is 2. The lowest BCUT2D eigenvalue weighted by atomic mass is 9.80. The molecule has 0 radical (unpaired) electrons. The molecule has 1 amide bonds. The minimum atomic E-state index is -0.755. The second kappa shape index (κ2) is 17.4. The van der Waals surface area contributed by atoms with Crippen LogP contribution in [0.2, 0.25) is 0 Å². The van der Waals surface area contributed by atoms with Gasteiger partial charge in [-0.2, -0.15) is 0 Å². The van der Waals surface area contributed by atoms with Crippen LogP contribution in [0.4, 0.5) is 17.3 Å². The Morgan fingerprint density at radius 1 is 0.800 bits per heavy atom. The smallest absolute Gasteiger partial charge is 0.253 e. The molecule has 0 bridgehead atoms. The zero-order valence-corrected chi connectivity index (χ0v) is 41.0. The van der Waals surface area contributed by atoms with Crippen molar-refractivity contribution in [3.8, 4) is 22.9 Å². The lowest BCUT2D eigenvalue weighted by Gasteiger charge is -2.37. The van der Waals surface area contributed by atoms with E-state index in [1.165, 1.54) is 0 Å². The quantitative estimate of drug-likeness (QED) is 0.128. The summed E-state index contributed by atoms with van der Waals surface area (Å²) in [7, 11) is 3.62. The number of piperazine rings is 1. The average molecular weight is 935 g/mol. The topological polar surface area (TPSA) is 152 Å². The molecule has 1 fully saturated rings. The first-order valence-corrected chi connectivity index (χ1v) is 24.2. The van der Waals surface area contributed by atoms with Crippen molar-refractivity contribution in [3.05, 3.63) is 142 Å². The van der Waals surface area contributed by atoms with Crippen molar-refractivity contribution in [2.24, 2.45) is 7.05 Å². The number of carbonyl (C=O) groups excluding carboxylic acids is 1. The standard InChI is InChI=1S/C54H58N14O2/c1-33(2)67-44-27-46-41(58-49(39-25-34(3)52(69)62(8)31-39)68(46)35(4)38-17-13-10-14-18-38)26-40(44)54(6,53(67)70)19-20-63-21-23-64(24-22-63)47-28-45-42(29-56-47)59-50(66(45)30-37-15-11-9-12-16-37)43-32-65-36(5)60-61-51(65)48(55-7)57-43/h9-18,25-29,31-33,35H,19-24,30H2,1-8H3,(H,55,57). The number of aryl methyl sites for hydroxylation is 3. The number of imidazole rings is 2. The molecule has 2 aliphatic rings. The third kappa shape index (κ3) is 7.48. The average Bonchev–Trinajstić information content (AvgIpc) is 4.11. The summed E-state index contributed by atoms with van der Waals surface area (Å²) in [5.41, 5.74) is 9.88. The van der Waals surface area contributed by atoms with Gasteiger partial charge in [-0.3, -0.25) is 18.9 Å². The molecular formula is C54H58N14O2. The molecule has 6 aromatic heterocycles. The van der Waals surface area contributed by atoms with E-state index in [4.69, 9.17) is 19.9 Å². The molecule has 11 rings (SSSR count). The normalized spacial score (nSPS) is 16.9. The lowest BCUT2D eigenvalue weighted by molar-refractivity contribution is -0.123. The molecule has 2 atom stereocenters. The van der Waals surface area contributed by atoms with Gasteiger partial charge in [-0.15, -0.1) is 10.2 Å². The number of nitrogens with one attached hydrogen (secondary N) is 1. The zero-order valence-electron chi connectivity index (χ0n) is 41.0. The van der Waals surface area contributed by atoms with E-state index in [0.717, 1.165) is 106 Å². The largest absolute Gasteiger partial charge is 0.370 e. The number of benzene rings is 3. The molecule has 9 aromatic rings. The monoisotopic (exact) mass is 934 g/mol. The Balaban J connectivity index is 0.876. The van der Waals surface area contributed by atoms with E-state index in [1.807, 2.05) is 67.0 Å². The minimum Gasteiger partial charge on any atom is -0.370 e. The highest BCUT2D eigenvalue weighted by Crippen LogP contribution is 2.48. The van der Waals surface area contributed by atoms with Gasteiger partial charge in [0.05, 0.1) is 39.9 Å². The summed E-state index contributed by atoms with van der Waals surface area (Å²) in [4.78, 5) is 54.9. The summed E-state index contributed by atoms with van der Waals surface area (Å²) in [6.07, 6.45) is 6.37. The molecule has 1 saturated heterocycles. The number of carbonyl (C=O) groups is 1. The molecule has 0 aliphatic carbocycles. The van der Waals surface area contributed by atoms with Crippen LogP contribution in [0, 0.1) is 13.8 Å². The summed E-state index contributed by atoms with van der Waals surface area (Å²) < 4.78 is 8.07. The van der Waals surface area contributed by atoms with Gasteiger partial charge < -0.3 is 28.8 Å². The van der Waals surface area contributed by atoms with Crippen LogP contribution in [0.3, 0.4) is 0 Å². The molecule has 356 valence electrons. The van der Waals surface area contributed by atoms with Crippen molar-refractivity contribution in [2.45, 2.75) is 72.0 Å². The summed E-state index contributed by atoms with van der Waals surface area (Å²) in [6, 6.07) is 29.1. The summed E-state index contributed by atoms with van der Waals surface area (Å²) in [6.45, 7) is 16.9. The lowest BCUT2D eigenvalue weighted by Crippen LogP contribution is -2.49. The first kappa shape index (κ1) is 44.8. The van der Waals surface area contributed by atoms with Crippen molar-refractivity contribution in [1.82, 2.24) is 53.1 Å². The van der Waals surface area contributed by atoms with Gasteiger partial charge in [0, 0.05) is 82.4 Å². The van der Waals surface area contributed by atoms with Gasteiger partial charge in [0.15, 0.2) is 11.6 Å². The van der Waals surface area contributed by atoms with E-state index in [1.54, 1.807) is 11.6 Å². The fourth-order valence-corrected chi connectivity index (χ4v) is 10.7. The van der Waals surface area contributed by atoms with E-state index < -0.39 is 5.41 Å². The van der Waals surface area contributed by atoms with Crippen LogP contribution in [0.25, 0.3) is 50.6 Å². The summed E-state index contributed by atoms with van der Waals surface area (Å²) in [5.74, 6) is 3.93. The van der Waals surface area contributed by atoms with Crippen LogP contribution in [-0.4, -0.2) is 105 Å². The van der Waals surface area contributed by atoms with Crippen LogP contribution in [0.15, 0.2) is 108 Å². The SMILES string of the molecule is CNc1nc(-c2nc3cnc(N4CCN(CCC5(C)C(=O)N(C(C)C)c6cc7c(cc65)nc(-c5cc(C)c(=O)n(C)c5)n7C(C)c5ccccc5)CC4)cc3n2Cc2ccccc2)cn2c(C)nnc12. The predicted octanol–water partition coefficient (Wildman–Crippen LogP) is 7.79. The number of fused-ring (bicyclic) bond motifs is 4. The van der Waals surface area contributed by atoms with Crippen molar-refractivity contribution in [3.63, 3.8) is 0 Å². The van der Waals surface area contributed by atoms with Crippen molar-refractivity contribution in [2.75, 3.05) is 54.9 Å². The van der Waals surface area contributed by atoms with E-state index in [-0.39, 0.29) is 23.6 Å². The maximum Gasteiger partial charge on any atom is 0.253 e. The molecule has 0 saturated carbocycles. The number of hydrogen-bond donors (Lipinski definition) is 1. The second-order valence-corrected chi connectivity index (χ2v) is 19.5. The third-order valence-electron chi connectivity index (χ3n) is 14.6. The van der Waals surface area contributed by atoms with Gasteiger partial charge in [-0.1, -0.05) is 60.7 Å². The van der Waals surface area contributed by atoms with Gasteiger partial charge in [0.1, 0.15) is 28.7 Å². The van der Waals surface area contributed by atoms with E-state index in [0.29, 0.717) is 35.7 Å². The molecule has 16 heteroatoms. The highest BCUT2D eigenvalue weighted by atomic mass is 16.2. The van der Waals surface area contributed by atoms with Gasteiger partial charge in [-0.25, -0.2) is 19.9 Å². The molecular weight excluding hydrogens is 877 g/mol. The maximum atomic E-state index is 14.8. The Hall–Kier alpha value is -7.72. The summed E-state index contributed by atoms with van der Waals surface area (Å²) >= 11 is 0. The van der Waals surface area contributed by atoms with Crippen molar-refractivity contribution >= 4 is 50.9 Å². The second-order valence-electron chi connectivity index (χ2n) is 19.5. The number of anilines is 3. The molecule has 2 aliphatic heterocycles. The Morgan fingerprint density at radius 3 is 2.24 bits per heavy atom.